The third-order valence-corrected chi connectivity index (χ3v) is 5.76. The molecule has 1 aliphatic rings. The van der Waals surface area contributed by atoms with E-state index in [9.17, 15) is 9.90 Å². The fraction of sp³-hybridized carbons (Fsp3) is 0.160. The molecule has 7 nitrogen and oxygen atoms in total. The molecular weight excluding hydrogens is 404 g/mol. The number of nitrogens with one attached hydrogen (secondary N) is 1. The maximum atomic E-state index is 13.5. The number of aromatic hydroxyl groups is 1. The van der Waals surface area contributed by atoms with Crippen LogP contribution in [-0.2, 0) is 6.54 Å². The van der Waals surface area contributed by atoms with Crippen LogP contribution in [0.25, 0.3) is 11.3 Å². The highest BCUT2D eigenvalue weighted by molar-refractivity contribution is 6.00. The van der Waals surface area contributed by atoms with Gasteiger partial charge in [-0.05, 0) is 48.4 Å². The van der Waals surface area contributed by atoms with Crippen LogP contribution in [-0.4, -0.2) is 38.2 Å². The number of rotatable bonds is 5. The molecule has 0 fully saturated rings. The molecule has 1 aliphatic heterocycles. The van der Waals surface area contributed by atoms with Crippen molar-refractivity contribution in [2.45, 2.75) is 19.5 Å². The number of amides is 1. The monoisotopic (exact) mass is 426 g/mol. The highest BCUT2D eigenvalue weighted by atomic mass is 16.5. The quantitative estimate of drug-likeness (QED) is 0.498. The number of aryl methyl sites for hydroxylation is 1. The van der Waals surface area contributed by atoms with E-state index >= 15 is 0 Å². The summed E-state index contributed by atoms with van der Waals surface area (Å²) >= 11 is 0. The number of methoxy groups -OCH3 is 1. The van der Waals surface area contributed by atoms with E-state index < -0.39 is 6.04 Å². The van der Waals surface area contributed by atoms with Gasteiger partial charge in [0, 0.05) is 30.1 Å². The summed E-state index contributed by atoms with van der Waals surface area (Å²) in [5, 5.41) is 17.9. The van der Waals surface area contributed by atoms with Gasteiger partial charge in [-0.15, -0.1) is 0 Å². The Morgan fingerprint density at radius 2 is 2.03 bits per heavy atom. The van der Waals surface area contributed by atoms with Gasteiger partial charge in [-0.1, -0.05) is 29.8 Å². The molecule has 3 heterocycles. The molecule has 160 valence electrons. The summed E-state index contributed by atoms with van der Waals surface area (Å²) in [5.74, 6) is 0.670. The second-order valence-electron chi connectivity index (χ2n) is 7.85. The fourth-order valence-electron chi connectivity index (χ4n) is 4.25. The molecular formula is C25H22N4O3. The number of carbonyl (C=O) groups excluding carboxylic acids is 1. The summed E-state index contributed by atoms with van der Waals surface area (Å²) < 4.78 is 5.44. The van der Waals surface area contributed by atoms with E-state index in [2.05, 4.69) is 15.2 Å². The third kappa shape index (κ3) is 3.28. The van der Waals surface area contributed by atoms with Crippen LogP contribution in [0, 0.1) is 6.92 Å². The molecule has 0 radical (unpaired) electrons. The maximum Gasteiger partial charge on any atom is 0.273 e. The van der Waals surface area contributed by atoms with Crippen molar-refractivity contribution in [3.8, 4) is 22.8 Å². The molecule has 0 saturated carbocycles. The van der Waals surface area contributed by atoms with Gasteiger partial charge >= 0.3 is 0 Å². The minimum atomic E-state index is -0.401. The fourth-order valence-corrected chi connectivity index (χ4v) is 4.25. The van der Waals surface area contributed by atoms with E-state index in [1.54, 1.807) is 30.5 Å². The molecule has 0 saturated heterocycles. The standard InChI is InChI=1S/C25H22N4O3/c1-15-8-9-20(30)19(11-15)22-21-23(28-27-22)25(31)29(14-16-5-4-10-26-13-16)24(21)17-6-3-7-18(12-17)32-2/h3-13,24,30H,14H2,1-2H3,(H,27,28). The molecule has 0 aliphatic carbocycles. The molecule has 0 spiro atoms. The number of fused-ring (bicyclic) bond motifs is 1. The van der Waals surface area contributed by atoms with Crippen molar-refractivity contribution in [3.05, 3.63) is 94.9 Å². The lowest BCUT2D eigenvalue weighted by molar-refractivity contribution is 0.0729. The summed E-state index contributed by atoms with van der Waals surface area (Å²) in [5.41, 5.74) is 5.14. The Balaban J connectivity index is 1.69. The normalized spacial score (nSPS) is 15.1. The van der Waals surface area contributed by atoms with E-state index in [1.807, 2.05) is 55.5 Å². The van der Waals surface area contributed by atoms with Crippen LogP contribution in [0.2, 0.25) is 0 Å². The molecule has 7 heteroatoms. The molecule has 1 atom stereocenters. The van der Waals surface area contributed by atoms with Gasteiger partial charge in [0.25, 0.3) is 5.91 Å². The largest absolute Gasteiger partial charge is 0.507 e. The summed E-state index contributed by atoms with van der Waals surface area (Å²) in [6.45, 7) is 2.34. The van der Waals surface area contributed by atoms with Crippen molar-refractivity contribution >= 4 is 5.91 Å². The first-order chi connectivity index (χ1) is 15.6. The lowest BCUT2D eigenvalue weighted by Gasteiger charge is -2.26. The van der Waals surface area contributed by atoms with Crippen molar-refractivity contribution in [3.63, 3.8) is 0 Å². The van der Waals surface area contributed by atoms with Crippen LogP contribution in [0.5, 0.6) is 11.5 Å². The van der Waals surface area contributed by atoms with Gasteiger partial charge < -0.3 is 14.7 Å². The first-order valence-corrected chi connectivity index (χ1v) is 10.3. The zero-order chi connectivity index (χ0) is 22.2. The van der Waals surface area contributed by atoms with Crippen LogP contribution in [0.3, 0.4) is 0 Å². The van der Waals surface area contributed by atoms with Crippen molar-refractivity contribution in [1.29, 1.82) is 0 Å². The maximum absolute atomic E-state index is 13.5. The van der Waals surface area contributed by atoms with Crippen LogP contribution in [0.1, 0.15) is 38.8 Å². The van der Waals surface area contributed by atoms with Crippen LogP contribution >= 0.6 is 0 Å². The van der Waals surface area contributed by atoms with Crippen molar-refractivity contribution in [2.75, 3.05) is 7.11 Å². The first kappa shape index (κ1) is 19.8. The Morgan fingerprint density at radius 1 is 1.16 bits per heavy atom. The molecule has 1 amide bonds. The van der Waals surface area contributed by atoms with Crippen LogP contribution in [0.4, 0.5) is 0 Å². The molecule has 0 bridgehead atoms. The number of benzene rings is 2. The average Bonchev–Trinajstić information content (AvgIpc) is 3.35. The topological polar surface area (TPSA) is 91.3 Å². The molecule has 1 unspecified atom stereocenters. The predicted molar refractivity (Wildman–Crippen MR) is 119 cm³/mol. The van der Waals surface area contributed by atoms with Gasteiger partial charge in [0.1, 0.15) is 22.9 Å². The van der Waals surface area contributed by atoms with Crippen molar-refractivity contribution < 1.29 is 14.6 Å². The average molecular weight is 426 g/mol. The molecule has 2 aromatic carbocycles. The van der Waals surface area contributed by atoms with E-state index in [0.29, 0.717) is 29.2 Å². The zero-order valence-corrected chi connectivity index (χ0v) is 17.7. The number of phenols is 1. The summed E-state index contributed by atoms with van der Waals surface area (Å²) in [6.07, 6.45) is 3.47. The van der Waals surface area contributed by atoms with Crippen molar-refractivity contribution in [1.82, 2.24) is 20.1 Å². The number of ether oxygens (including phenoxy) is 1. The number of carbonyl (C=O) groups is 1. The highest BCUT2D eigenvalue weighted by Gasteiger charge is 2.42. The lowest BCUT2D eigenvalue weighted by Crippen LogP contribution is -2.29. The SMILES string of the molecule is COc1cccc(C2c3c(-c4cc(C)ccc4O)n[nH]c3C(=O)N2Cc2cccnc2)c1. The number of nitrogens with zero attached hydrogens (tertiary/aromatic N) is 3. The minimum absolute atomic E-state index is 0.118. The van der Waals surface area contributed by atoms with E-state index in [0.717, 1.165) is 22.3 Å². The van der Waals surface area contributed by atoms with E-state index in [4.69, 9.17) is 4.74 Å². The van der Waals surface area contributed by atoms with Crippen LogP contribution < -0.4 is 4.74 Å². The molecule has 5 rings (SSSR count). The third-order valence-electron chi connectivity index (χ3n) is 5.76. The number of phenolic OH excluding ortho intramolecular Hbond substituents is 1. The second-order valence-corrected chi connectivity index (χ2v) is 7.85. The minimum Gasteiger partial charge on any atom is -0.507 e. The Hall–Kier alpha value is -4.13. The number of hydrogen-bond donors (Lipinski definition) is 2. The molecule has 32 heavy (non-hydrogen) atoms. The Morgan fingerprint density at radius 3 is 2.81 bits per heavy atom. The van der Waals surface area contributed by atoms with E-state index in [1.165, 1.54) is 0 Å². The first-order valence-electron chi connectivity index (χ1n) is 10.3. The smallest absolute Gasteiger partial charge is 0.273 e. The molecule has 4 aromatic rings. The van der Waals surface area contributed by atoms with Gasteiger partial charge in [-0.3, -0.25) is 14.9 Å². The number of pyridine rings is 1. The highest BCUT2D eigenvalue weighted by Crippen LogP contribution is 2.45. The summed E-state index contributed by atoms with van der Waals surface area (Å²) in [6, 6.07) is 16.4. The summed E-state index contributed by atoms with van der Waals surface area (Å²) in [4.78, 5) is 19.5. The Bertz CT molecular complexity index is 1300. The lowest BCUT2D eigenvalue weighted by atomic mass is 9.95. The Kier molecular flexibility index (Phi) is 4.86. The molecule has 2 aromatic heterocycles. The summed E-state index contributed by atoms with van der Waals surface area (Å²) in [7, 11) is 1.62. The van der Waals surface area contributed by atoms with Gasteiger partial charge in [0.2, 0.25) is 0 Å². The zero-order valence-electron chi connectivity index (χ0n) is 17.7. The van der Waals surface area contributed by atoms with Crippen LogP contribution in [0.15, 0.2) is 67.0 Å². The second kappa shape index (κ2) is 7.85. The Labute approximate surface area is 185 Å². The number of H-pyrrole nitrogens is 1. The van der Waals surface area contributed by atoms with Crippen molar-refractivity contribution in [2.24, 2.45) is 0 Å². The van der Waals surface area contributed by atoms with Gasteiger partial charge in [-0.25, -0.2) is 0 Å². The number of aromatic amines is 1. The molecule has 2 N–H and O–H groups in total. The van der Waals surface area contributed by atoms with Gasteiger partial charge in [0.15, 0.2) is 0 Å². The predicted octanol–water partition coefficient (Wildman–Crippen LogP) is 4.24. The van der Waals surface area contributed by atoms with Gasteiger partial charge in [-0.2, -0.15) is 5.10 Å². The van der Waals surface area contributed by atoms with Gasteiger partial charge in [0.05, 0.1) is 13.2 Å². The number of hydrogen-bond acceptors (Lipinski definition) is 5. The van der Waals surface area contributed by atoms with E-state index in [-0.39, 0.29) is 11.7 Å². The number of aromatic nitrogens is 3.